The van der Waals surface area contributed by atoms with Crippen LogP contribution in [0.3, 0.4) is 0 Å². The number of pyridine rings is 1. The van der Waals surface area contributed by atoms with Gasteiger partial charge in [-0.15, -0.1) is 0 Å². The van der Waals surface area contributed by atoms with Gasteiger partial charge in [0.1, 0.15) is 21.9 Å². The van der Waals surface area contributed by atoms with Gasteiger partial charge in [0.25, 0.3) is 0 Å². The van der Waals surface area contributed by atoms with Crippen LogP contribution in [0.25, 0.3) is 0 Å². The number of hydrogen-bond donors (Lipinski definition) is 0. The van der Waals surface area contributed by atoms with Crippen molar-refractivity contribution in [2.45, 2.75) is 0 Å². The van der Waals surface area contributed by atoms with E-state index in [1.807, 2.05) is 0 Å². The van der Waals surface area contributed by atoms with Gasteiger partial charge in [0.05, 0.1) is 6.20 Å². The zero-order valence-electron chi connectivity index (χ0n) is 7.65. The molecule has 2 nitrogen and oxygen atoms in total. The molecule has 0 aliphatic rings. The van der Waals surface area contributed by atoms with Gasteiger partial charge in [-0.3, -0.25) is 0 Å². The van der Waals surface area contributed by atoms with Crippen molar-refractivity contribution >= 4 is 15.9 Å². The molecule has 0 saturated carbocycles. The first-order chi connectivity index (χ1) is 7.24. The summed E-state index contributed by atoms with van der Waals surface area (Å²) in [4.78, 5) is 4.01. The van der Waals surface area contributed by atoms with Crippen LogP contribution in [0.15, 0.2) is 47.2 Å². The lowest BCUT2D eigenvalue weighted by atomic mass is 10.3. The van der Waals surface area contributed by atoms with Crippen molar-refractivity contribution < 1.29 is 9.13 Å². The number of nitrogens with zero attached hydrogens (tertiary/aromatic N) is 1. The highest BCUT2D eigenvalue weighted by Gasteiger charge is 1.97. The van der Waals surface area contributed by atoms with Crippen LogP contribution >= 0.6 is 15.9 Å². The predicted octanol–water partition coefficient (Wildman–Crippen LogP) is 3.78. The second kappa shape index (κ2) is 4.40. The standard InChI is InChI=1S/C11H7BrFNO/c12-11-6-5-10(7-14-11)15-9-3-1-8(13)2-4-9/h1-7H. The molecule has 76 valence electrons. The summed E-state index contributed by atoms with van der Waals surface area (Å²) in [6, 6.07) is 9.39. The number of halogens is 2. The van der Waals surface area contributed by atoms with Gasteiger partial charge in [0.15, 0.2) is 0 Å². The minimum atomic E-state index is -0.281. The Labute approximate surface area is 94.9 Å². The topological polar surface area (TPSA) is 22.1 Å². The molecule has 0 saturated heterocycles. The minimum Gasteiger partial charge on any atom is -0.456 e. The Morgan fingerprint density at radius 2 is 1.67 bits per heavy atom. The summed E-state index contributed by atoms with van der Waals surface area (Å²) in [5.74, 6) is 0.918. The Balaban J connectivity index is 2.15. The Morgan fingerprint density at radius 1 is 1.00 bits per heavy atom. The van der Waals surface area contributed by atoms with Crippen LogP contribution in [0.1, 0.15) is 0 Å². The molecular formula is C11H7BrFNO. The molecule has 0 amide bonds. The Bertz CT molecular complexity index is 398. The maximum Gasteiger partial charge on any atom is 0.145 e. The summed E-state index contributed by atoms with van der Waals surface area (Å²) in [6.07, 6.45) is 1.59. The second-order valence-corrected chi connectivity index (χ2v) is 3.69. The summed E-state index contributed by atoms with van der Waals surface area (Å²) >= 11 is 3.22. The fraction of sp³-hybridized carbons (Fsp3) is 0. The molecule has 0 aliphatic heterocycles. The van der Waals surface area contributed by atoms with Gasteiger partial charge in [-0.1, -0.05) is 0 Å². The molecule has 0 radical (unpaired) electrons. The van der Waals surface area contributed by atoms with Crippen LogP contribution in [0.4, 0.5) is 4.39 Å². The average molecular weight is 268 g/mol. The highest BCUT2D eigenvalue weighted by molar-refractivity contribution is 9.10. The van der Waals surface area contributed by atoms with Gasteiger partial charge in [-0.05, 0) is 52.3 Å². The molecule has 0 aliphatic carbocycles. The highest BCUT2D eigenvalue weighted by Crippen LogP contribution is 2.21. The number of hydrogen-bond acceptors (Lipinski definition) is 2. The number of ether oxygens (including phenoxy) is 1. The lowest BCUT2D eigenvalue weighted by molar-refractivity contribution is 0.478. The predicted molar refractivity (Wildman–Crippen MR) is 58.4 cm³/mol. The molecule has 1 aromatic heterocycles. The summed E-state index contributed by atoms with van der Waals surface area (Å²) in [5.41, 5.74) is 0. The van der Waals surface area contributed by atoms with Crippen molar-refractivity contribution in [1.82, 2.24) is 4.98 Å². The van der Waals surface area contributed by atoms with Gasteiger partial charge < -0.3 is 4.74 Å². The molecule has 2 aromatic rings. The zero-order valence-corrected chi connectivity index (χ0v) is 9.24. The third-order valence-electron chi connectivity index (χ3n) is 1.75. The van der Waals surface area contributed by atoms with Gasteiger partial charge >= 0.3 is 0 Å². The minimum absolute atomic E-state index is 0.281. The van der Waals surface area contributed by atoms with E-state index in [1.165, 1.54) is 12.1 Å². The van der Waals surface area contributed by atoms with Crippen molar-refractivity contribution in [2.75, 3.05) is 0 Å². The van der Waals surface area contributed by atoms with Crippen LogP contribution in [0, 0.1) is 5.82 Å². The van der Waals surface area contributed by atoms with Gasteiger partial charge in [-0.25, -0.2) is 9.37 Å². The third-order valence-corrected chi connectivity index (χ3v) is 2.22. The van der Waals surface area contributed by atoms with E-state index in [2.05, 4.69) is 20.9 Å². The van der Waals surface area contributed by atoms with Crippen LogP contribution in [0.2, 0.25) is 0 Å². The Kier molecular flexibility index (Phi) is 2.97. The van der Waals surface area contributed by atoms with E-state index in [1.54, 1.807) is 30.5 Å². The van der Waals surface area contributed by atoms with E-state index >= 15 is 0 Å². The van der Waals surface area contributed by atoms with E-state index in [0.29, 0.717) is 11.5 Å². The summed E-state index contributed by atoms with van der Waals surface area (Å²) in [6.45, 7) is 0. The van der Waals surface area contributed by atoms with E-state index in [4.69, 9.17) is 4.74 Å². The Morgan fingerprint density at radius 3 is 2.27 bits per heavy atom. The first-order valence-corrected chi connectivity index (χ1v) is 5.08. The fourth-order valence-corrected chi connectivity index (χ4v) is 1.30. The van der Waals surface area contributed by atoms with Crippen LogP contribution in [0.5, 0.6) is 11.5 Å². The normalized spacial score (nSPS) is 10.0. The van der Waals surface area contributed by atoms with Crippen LogP contribution < -0.4 is 4.74 Å². The van der Waals surface area contributed by atoms with Crippen LogP contribution in [-0.2, 0) is 0 Å². The summed E-state index contributed by atoms with van der Waals surface area (Å²) in [7, 11) is 0. The van der Waals surface area contributed by atoms with E-state index in [0.717, 1.165) is 4.60 Å². The quantitative estimate of drug-likeness (QED) is 0.773. The molecule has 0 spiro atoms. The smallest absolute Gasteiger partial charge is 0.145 e. The lowest BCUT2D eigenvalue weighted by Gasteiger charge is -2.04. The molecule has 0 fully saturated rings. The molecule has 0 bridgehead atoms. The highest BCUT2D eigenvalue weighted by atomic mass is 79.9. The van der Waals surface area contributed by atoms with Gasteiger partial charge in [0.2, 0.25) is 0 Å². The van der Waals surface area contributed by atoms with E-state index in [-0.39, 0.29) is 5.82 Å². The summed E-state index contributed by atoms with van der Waals surface area (Å²) in [5, 5.41) is 0. The van der Waals surface area contributed by atoms with Crippen molar-refractivity contribution in [3.05, 3.63) is 53.0 Å². The molecule has 0 N–H and O–H groups in total. The first-order valence-electron chi connectivity index (χ1n) is 4.29. The maximum absolute atomic E-state index is 12.6. The van der Waals surface area contributed by atoms with Crippen molar-refractivity contribution in [2.24, 2.45) is 0 Å². The largest absolute Gasteiger partial charge is 0.456 e. The molecule has 2 rings (SSSR count). The SMILES string of the molecule is Fc1ccc(Oc2ccc(Br)nc2)cc1. The number of benzene rings is 1. The van der Waals surface area contributed by atoms with Gasteiger partial charge in [-0.2, -0.15) is 0 Å². The molecule has 4 heteroatoms. The molecular weight excluding hydrogens is 261 g/mol. The van der Waals surface area contributed by atoms with Crippen LogP contribution in [-0.4, -0.2) is 4.98 Å². The average Bonchev–Trinajstić information content (AvgIpc) is 2.25. The zero-order chi connectivity index (χ0) is 10.7. The fourth-order valence-electron chi connectivity index (χ4n) is 1.06. The summed E-state index contributed by atoms with van der Waals surface area (Å²) < 4.78 is 18.8. The van der Waals surface area contributed by atoms with Crippen molar-refractivity contribution in [3.8, 4) is 11.5 Å². The monoisotopic (exact) mass is 267 g/mol. The molecule has 1 aromatic carbocycles. The first kappa shape index (κ1) is 10.1. The number of aromatic nitrogens is 1. The van der Waals surface area contributed by atoms with E-state index in [9.17, 15) is 4.39 Å². The van der Waals surface area contributed by atoms with Crippen molar-refractivity contribution in [1.29, 1.82) is 0 Å². The van der Waals surface area contributed by atoms with E-state index < -0.39 is 0 Å². The number of rotatable bonds is 2. The van der Waals surface area contributed by atoms with Crippen molar-refractivity contribution in [3.63, 3.8) is 0 Å². The second-order valence-electron chi connectivity index (χ2n) is 2.87. The lowest BCUT2D eigenvalue weighted by Crippen LogP contribution is -1.85. The van der Waals surface area contributed by atoms with Gasteiger partial charge in [0, 0.05) is 0 Å². The molecule has 0 unspecified atom stereocenters. The molecule has 1 heterocycles. The molecule has 0 atom stereocenters. The molecule has 15 heavy (non-hydrogen) atoms. The Hall–Kier alpha value is -1.42. The third kappa shape index (κ3) is 2.76. The maximum atomic E-state index is 12.6.